The van der Waals surface area contributed by atoms with Crippen LogP contribution in [0.4, 0.5) is 4.79 Å². The van der Waals surface area contributed by atoms with Crippen LogP contribution in [0.2, 0.25) is 0 Å². The Labute approximate surface area is 142 Å². The summed E-state index contributed by atoms with van der Waals surface area (Å²) in [6.45, 7) is 4.41. The van der Waals surface area contributed by atoms with Gasteiger partial charge in [0.1, 0.15) is 5.75 Å². The number of amides is 3. The van der Waals surface area contributed by atoms with Crippen LogP contribution in [0.25, 0.3) is 5.69 Å². The first-order chi connectivity index (χ1) is 11.5. The number of phenols is 1. The lowest BCUT2D eigenvalue weighted by Crippen LogP contribution is -2.41. The van der Waals surface area contributed by atoms with Gasteiger partial charge in [0.05, 0.1) is 11.4 Å². The van der Waals surface area contributed by atoms with E-state index in [1.54, 1.807) is 12.1 Å². The van der Waals surface area contributed by atoms with Crippen molar-refractivity contribution in [3.8, 4) is 11.4 Å². The zero-order valence-corrected chi connectivity index (χ0v) is 14.1. The lowest BCUT2D eigenvalue weighted by molar-refractivity contribution is -0.117. The standard InChI is InChI=1S/C14H18N6O3S/c1-9(2)7-15-13(23)16-12(22)8-24-14-17-18-19-20(14)10-3-5-11(21)6-4-10/h3-6,9,21H,7-8H2,1-2H3,(H2,15,16,22,23). The average Bonchev–Trinajstić information content (AvgIpc) is 3.00. The number of nitrogens with zero attached hydrogens (tertiary/aromatic N) is 4. The Morgan fingerprint density at radius 3 is 2.67 bits per heavy atom. The summed E-state index contributed by atoms with van der Waals surface area (Å²) in [5.74, 6) is -0.0161. The number of imide groups is 1. The zero-order valence-electron chi connectivity index (χ0n) is 13.3. The molecule has 0 aliphatic heterocycles. The quantitative estimate of drug-likeness (QED) is 0.663. The Kier molecular flexibility index (Phi) is 6.13. The number of phenolic OH excluding ortho intramolecular Hbond substituents is 1. The van der Waals surface area contributed by atoms with E-state index in [2.05, 4.69) is 26.2 Å². The van der Waals surface area contributed by atoms with E-state index in [0.717, 1.165) is 11.8 Å². The zero-order chi connectivity index (χ0) is 17.5. The molecule has 2 aromatic rings. The number of nitrogens with one attached hydrogen (secondary N) is 2. The van der Waals surface area contributed by atoms with E-state index >= 15 is 0 Å². The van der Waals surface area contributed by atoms with Crippen LogP contribution in [0.15, 0.2) is 29.4 Å². The first-order valence-corrected chi connectivity index (χ1v) is 8.22. The Morgan fingerprint density at radius 1 is 1.29 bits per heavy atom. The maximum Gasteiger partial charge on any atom is 0.321 e. The van der Waals surface area contributed by atoms with Crippen molar-refractivity contribution in [3.63, 3.8) is 0 Å². The van der Waals surface area contributed by atoms with Crippen LogP contribution in [-0.4, -0.2) is 49.5 Å². The molecule has 0 bridgehead atoms. The lowest BCUT2D eigenvalue weighted by atomic mass is 10.2. The molecule has 10 heteroatoms. The number of carbonyl (C=O) groups is 2. The largest absolute Gasteiger partial charge is 0.508 e. The third kappa shape index (κ3) is 5.23. The molecule has 24 heavy (non-hydrogen) atoms. The maximum absolute atomic E-state index is 11.8. The van der Waals surface area contributed by atoms with Gasteiger partial charge in [-0.3, -0.25) is 10.1 Å². The van der Waals surface area contributed by atoms with E-state index in [1.165, 1.54) is 16.8 Å². The van der Waals surface area contributed by atoms with Crippen molar-refractivity contribution in [2.75, 3.05) is 12.3 Å². The van der Waals surface area contributed by atoms with Gasteiger partial charge in [-0.05, 0) is 40.6 Å². The second-order valence-corrected chi connectivity index (χ2v) is 6.27. The maximum atomic E-state index is 11.8. The fourth-order valence-corrected chi connectivity index (χ4v) is 2.35. The van der Waals surface area contributed by atoms with Gasteiger partial charge < -0.3 is 10.4 Å². The number of hydrogen-bond acceptors (Lipinski definition) is 7. The molecule has 0 fully saturated rings. The summed E-state index contributed by atoms with van der Waals surface area (Å²) in [5.41, 5.74) is 0.649. The van der Waals surface area contributed by atoms with Gasteiger partial charge in [-0.2, -0.15) is 4.68 Å². The molecular formula is C14H18N6O3S. The van der Waals surface area contributed by atoms with Crippen molar-refractivity contribution in [3.05, 3.63) is 24.3 Å². The molecule has 0 saturated carbocycles. The van der Waals surface area contributed by atoms with Crippen LogP contribution in [0.1, 0.15) is 13.8 Å². The summed E-state index contributed by atoms with van der Waals surface area (Å²) in [7, 11) is 0. The highest BCUT2D eigenvalue weighted by atomic mass is 32.2. The molecule has 2 rings (SSSR count). The lowest BCUT2D eigenvalue weighted by Gasteiger charge is -2.08. The Hall–Kier alpha value is -2.62. The topological polar surface area (TPSA) is 122 Å². The Balaban J connectivity index is 1.89. The van der Waals surface area contributed by atoms with Crippen LogP contribution in [0.5, 0.6) is 5.75 Å². The molecule has 0 unspecified atom stereocenters. The molecule has 3 amide bonds. The van der Waals surface area contributed by atoms with E-state index < -0.39 is 11.9 Å². The molecule has 0 spiro atoms. The van der Waals surface area contributed by atoms with Crippen LogP contribution in [0.3, 0.4) is 0 Å². The van der Waals surface area contributed by atoms with Crippen LogP contribution in [-0.2, 0) is 4.79 Å². The van der Waals surface area contributed by atoms with Gasteiger partial charge in [0, 0.05) is 6.54 Å². The van der Waals surface area contributed by atoms with Gasteiger partial charge in [0.25, 0.3) is 0 Å². The SMILES string of the molecule is CC(C)CNC(=O)NC(=O)CSc1nnnn1-c1ccc(O)cc1. The third-order valence-electron chi connectivity index (χ3n) is 2.79. The van der Waals surface area contributed by atoms with E-state index in [-0.39, 0.29) is 11.5 Å². The highest BCUT2D eigenvalue weighted by molar-refractivity contribution is 7.99. The number of hydrogen-bond donors (Lipinski definition) is 3. The third-order valence-corrected chi connectivity index (χ3v) is 3.71. The van der Waals surface area contributed by atoms with Gasteiger partial charge in [0.15, 0.2) is 0 Å². The molecule has 9 nitrogen and oxygen atoms in total. The summed E-state index contributed by atoms with van der Waals surface area (Å²) in [6.07, 6.45) is 0. The highest BCUT2D eigenvalue weighted by Crippen LogP contribution is 2.19. The second kappa shape index (κ2) is 8.29. The minimum atomic E-state index is -0.521. The normalized spacial score (nSPS) is 10.6. The summed E-state index contributed by atoms with van der Waals surface area (Å²) in [5, 5.41) is 25.8. The molecule has 0 aliphatic rings. The smallest absolute Gasteiger partial charge is 0.321 e. The summed E-state index contributed by atoms with van der Waals surface area (Å²) in [4.78, 5) is 23.3. The number of urea groups is 1. The molecule has 0 saturated heterocycles. The number of rotatable bonds is 6. The van der Waals surface area contributed by atoms with Crippen LogP contribution in [0, 0.1) is 5.92 Å². The summed E-state index contributed by atoms with van der Waals surface area (Å²) < 4.78 is 1.44. The van der Waals surface area contributed by atoms with Crippen molar-refractivity contribution < 1.29 is 14.7 Å². The molecule has 1 aromatic carbocycles. The number of benzene rings is 1. The van der Waals surface area contributed by atoms with E-state index in [4.69, 9.17) is 0 Å². The van der Waals surface area contributed by atoms with Crippen molar-refractivity contribution in [2.45, 2.75) is 19.0 Å². The minimum absolute atomic E-state index is 0.00639. The number of carbonyl (C=O) groups excluding carboxylic acids is 2. The molecular weight excluding hydrogens is 332 g/mol. The average molecular weight is 350 g/mol. The fourth-order valence-electron chi connectivity index (χ4n) is 1.66. The van der Waals surface area contributed by atoms with Gasteiger partial charge in [-0.1, -0.05) is 25.6 Å². The van der Waals surface area contributed by atoms with Crippen molar-refractivity contribution in [2.24, 2.45) is 5.92 Å². The Morgan fingerprint density at radius 2 is 2.00 bits per heavy atom. The van der Waals surface area contributed by atoms with E-state index in [9.17, 15) is 14.7 Å². The fraction of sp³-hybridized carbons (Fsp3) is 0.357. The highest BCUT2D eigenvalue weighted by Gasteiger charge is 2.13. The molecule has 3 N–H and O–H groups in total. The molecule has 0 radical (unpaired) electrons. The van der Waals surface area contributed by atoms with Crippen molar-refractivity contribution >= 4 is 23.7 Å². The summed E-state index contributed by atoms with van der Waals surface area (Å²) in [6, 6.07) is 5.80. The van der Waals surface area contributed by atoms with E-state index in [1.807, 2.05) is 13.8 Å². The first kappa shape index (κ1) is 17.7. The predicted octanol–water partition coefficient (Wildman–Crippen LogP) is 0.942. The monoisotopic (exact) mass is 350 g/mol. The molecule has 128 valence electrons. The van der Waals surface area contributed by atoms with Gasteiger partial charge in [0.2, 0.25) is 11.1 Å². The molecule has 0 atom stereocenters. The second-order valence-electron chi connectivity index (χ2n) is 5.33. The molecule has 0 aliphatic carbocycles. The van der Waals surface area contributed by atoms with Crippen LogP contribution < -0.4 is 10.6 Å². The number of aromatic nitrogens is 4. The Bertz CT molecular complexity index is 701. The number of thioether (sulfide) groups is 1. The number of tetrazole rings is 1. The summed E-state index contributed by atoms with van der Waals surface area (Å²) >= 11 is 1.10. The predicted molar refractivity (Wildman–Crippen MR) is 87.9 cm³/mol. The first-order valence-electron chi connectivity index (χ1n) is 7.24. The van der Waals surface area contributed by atoms with Crippen molar-refractivity contribution in [1.82, 2.24) is 30.8 Å². The van der Waals surface area contributed by atoms with E-state index in [0.29, 0.717) is 23.3 Å². The van der Waals surface area contributed by atoms with Gasteiger partial charge >= 0.3 is 6.03 Å². The minimum Gasteiger partial charge on any atom is -0.508 e. The molecule has 1 aromatic heterocycles. The number of aromatic hydroxyl groups is 1. The van der Waals surface area contributed by atoms with Gasteiger partial charge in [-0.15, -0.1) is 5.10 Å². The van der Waals surface area contributed by atoms with Gasteiger partial charge in [-0.25, -0.2) is 4.79 Å². The van der Waals surface area contributed by atoms with Crippen molar-refractivity contribution in [1.29, 1.82) is 0 Å². The molecule has 1 heterocycles. The van der Waals surface area contributed by atoms with Crippen LogP contribution >= 0.6 is 11.8 Å².